The van der Waals surface area contributed by atoms with Crippen molar-refractivity contribution in [3.8, 4) is 0 Å². The Morgan fingerprint density at radius 3 is 3.00 bits per heavy atom. The first-order valence-electron chi connectivity index (χ1n) is 2.04. The van der Waals surface area contributed by atoms with Crippen LogP contribution in [0.25, 0.3) is 0 Å². The van der Waals surface area contributed by atoms with E-state index in [0.29, 0.717) is 5.84 Å². The van der Waals surface area contributed by atoms with E-state index < -0.39 is 0 Å². The number of hydrazine groups is 1. The number of rotatable bonds is 0. The zero-order valence-corrected chi connectivity index (χ0v) is 4.90. The van der Waals surface area contributed by atoms with Crippen LogP contribution in [0.1, 0.15) is 0 Å². The lowest BCUT2D eigenvalue weighted by Crippen LogP contribution is -2.33. The minimum Gasteiger partial charge on any atom is -0.321 e. The fourth-order valence-corrected chi connectivity index (χ4v) is 0.760. The van der Waals surface area contributed by atoms with Crippen molar-refractivity contribution in [3.63, 3.8) is 0 Å². The number of nitrogens with two attached hydrogens (primary N) is 1. The minimum atomic E-state index is 0.642. The van der Waals surface area contributed by atoms with Gasteiger partial charge in [-0.25, -0.2) is 0 Å². The molecule has 4 N–H and O–H groups in total. The molecule has 0 saturated heterocycles. The summed E-state index contributed by atoms with van der Waals surface area (Å²) >= 11 is 1.44. The van der Waals surface area contributed by atoms with E-state index in [1.165, 1.54) is 11.9 Å². The summed E-state index contributed by atoms with van der Waals surface area (Å²) in [6.07, 6.45) is 1.78. The predicted octanol–water partition coefficient (Wildman–Crippen LogP) is -0.472. The van der Waals surface area contributed by atoms with Gasteiger partial charge in [0.25, 0.3) is 0 Å². The van der Waals surface area contributed by atoms with Crippen molar-refractivity contribution in [2.75, 3.05) is 0 Å². The van der Waals surface area contributed by atoms with Gasteiger partial charge in [-0.3, -0.25) is 5.43 Å². The summed E-state index contributed by atoms with van der Waals surface area (Å²) in [7, 11) is 0. The highest BCUT2D eigenvalue weighted by atomic mass is 32.2. The highest BCUT2D eigenvalue weighted by Crippen LogP contribution is 1.96. The third-order valence-corrected chi connectivity index (χ3v) is 1.16. The van der Waals surface area contributed by atoms with Gasteiger partial charge < -0.3 is 5.84 Å². The van der Waals surface area contributed by atoms with Gasteiger partial charge in [0.15, 0.2) is 5.84 Å². The molecule has 0 amide bonds. The topological polar surface area (TPSA) is 62.4 Å². The van der Waals surface area contributed by atoms with E-state index in [9.17, 15) is 0 Å². The van der Waals surface area contributed by atoms with Crippen LogP contribution in [0.15, 0.2) is 16.6 Å². The summed E-state index contributed by atoms with van der Waals surface area (Å²) in [4.78, 5) is 2.75. The Balaban J connectivity index is 2.56. The Bertz CT molecular complexity index is 129. The highest BCUT2D eigenvalue weighted by molar-refractivity contribution is 8.00. The second-order valence-electron chi connectivity index (χ2n) is 1.16. The first-order chi connectivity index (χ1) is 3.93. The van der Waals surface area contributed by atoms with Gasteiger partial charge in [-0.15, -0.1) is 0 Å². The van der Waals surface area contributed by atoms with Crippen molar-refractivity contribution in [1.29, 1.82) is 0 Å². The zero-order valence-electron chi connectivity index (χ0n) is 4.09. The molecule has 0 aromatic heterocycles. The highest BCUT2D eigenvalue weighted by Gasteiger charge is 1.94. The number of hydrazone groups is 1. The van der Waals surface area contributed by atoms with Crippen molar-refractivity contribution in [2.24, 2.45) is 10.9 Å². The third kappa shape index (κ3) is 1.14. The van der Waals surface area contributed by atoms with Gasteiger partial charge in [0.1, 0.15) is 0 Å². The second-order valence-corrected chi connectivity index (χ2v) is 1.87. The van der Waals surface area contributed by atoms with Crippen molar-refractivity contribution < 1.29 is 0 Å². The first kappa shape index (κ1) is 5.46. The van der Waals surface area contributed by atoms with Crippen LogP contribution >= 0.6 is 11.9 Å². The third-order valence-electron chi connectivity index (χ3n) is 0.671. The molecule has 0 fully saturated rings. The van der Waals surface area contributed by atoms with Gasteiger partial charge in [0.2, 0.25) is 0 Å². The van der Waals surface area contributed by atoms with Crippen LogP contribution in [0, 0.1) is 0 Å². The molecule has 0 saturated carbocycles. The summed E-state index contributed by atoms with van der Waals surface area (Å²) in [5.41, 5.74) is 2.72. The van der Waals surface area contributed by atoms with Gasteiger partial charge in [-0.2, -0.15) is 9.93 Å². The van der Waals surface area contributed by atoms with E-state index in [1.54, 1.807) is 6.08 Å². The Labute approximate surface area is 51.3 Å². The van der Waals surface area contributed by atoms with E-state index in [4.69, 9.17) is 5.84 Å². The molecule has 0 bridgehead atoms. The lowest BCUT2D eigenvalue weighted by Gasteiger charge is -2.07. The average Bonchev–Trinajstić information content (AvgIpc) is 1.90. The minimum absolute atomic E-state index is 0.642. The number of hydrogen-bond donors (Lipinski definition) is 3. The van der Waals surface area contributed by atoms with Gasteiger partial charge in [-0.1, -0.05) is 0 Å². The molecule has 0 aliphatic carbocycles. The molecule has 5 heteroatoms. The largest absolute Gasteiger partial charge is 0.321 e. The molecule has 0 atom stereocenters. The maximum absolute atomic E-state index is 4.93. The SMILES string of the molecule is NN=C1C=CSNN1. The number of nitrogens with one attached hydrogen (secondary N) is 2. The van der Waals surface area contributed by atoms with Crippen molar-refractivity contribution in [2.45, 2.75) is 0 Å². The van der Waals surface area contributed by atoms with Gasteiger partial charge >= 0.3 is 0 Å². The molecule has 44 valence electrons. The van der Waals surface area contributed by atoms with Crippen LogP contribution in [0.3, 0.4) is 0 Å². The Kier molecular flexibility index (Phi) is 1.76. The normalized spacial score (nSPS) is 23.2. The van der Waals surface area contributed by atoms with Gasteiger partial charge in [0, 0.05) is 0 Å². The van der Waals surface area contributed by atoms with E-state index in [-0.39, 0.29) is 0 Å². The number of hydrogen-bond acceptors (Lipinski definition) is 4. The van der Waals surface area contributed by atoms with Gasteiger partial charge in [-0.05, 0) is 23.4 Å². The van der Waals surface area contributed by atoms with Crippen LogP contribution in [-0.4, -0.2) is 5.84 Å². The monoisotopic (exact) mass is 130 g/mol. The lowest BCUT2D eigenvalue weighted by atomic mass is 10.6. The Morgan fingerprint density at radius 1 is 1.75 bits per heavy atom. The van der Waals surface area contributed by atoms with Crippen LogP contribution in [-0.2, 0) is 0 Å². The van der Waals surface area contributed by atoms with Gasteiger partial charge in [0.05, 0.1) is 0 Å². The molecule has 0 aromatic carbocycles. The average molecular weight is 130 g/mol. The molecule has 0 radical (unpaired) electrons. The molecule has 0 spiro atoms. The fourth-order valence-electron chi connectivity index (χ4n) is 0.331. The zero-order chi connectivity index (χ0) is 5.82. The molecule has 1 aliphatic rings. The molecule has 1 aliphatic heterocycles. The summed E-state index contributed by atoms with van der Waals surface area (Å²) in [5.74, 6) is 5.57. The summed E-state index contributed by atoms with van der Waals surface area (Å²) in [6.45, 7) is 0. The van der Waals surface area contributed by atoms with E-state index >= 15 is 0 Å². The summed E-state index contributed by atoms with van der Waals surface area (Å²) < 4.78 is 0. The van der Waals surface area contributed by atoms with Crippen molar-refractivity contribution in [1.82, 2.24) is 10.3 Å². The number of nitrogens with zero attached hydrogens (tertiary/aromatic N) is 1. The first-order valence-corrected chi connectivity index (χ1v) is 2.92. The van der Waals surface area contributed by atoms with Crippen LogP contribution < -0.4 is 16.1 Å². The van der Waals surface area contributed by atoms with Crippen LogP contribution in [0.2, 0.25) is 0 Å². The predicted molar refractivity (Wildman–Crippen MR) is 34.6 cm³/mol. The molecule has 1 rings (SSSR count). The van der Waals surface area contributed by atoms with E-state index in [1.807, 2.05) is 5.41 Å². The maximum Gasteiger partial charge on any atom is 0.161 e. The summed E-state index contributed by atoms with van der Waals surface area (Å²) in [6, 6.07) is 0. The smallest absolute Gasteiger partial charge is 0.161 e. The molecule has 8 heavy (non-hydrogen) atoms. The molecule has 0 unspecified atom stereocenters. The molecule has 0 aromatic rings. The second kappa shape index (κ2) is 2.58. The van der Waals surface area contributed by atoms with Crippen LogP contribution in [0.5, 0.6) is 0 Å². The standard InChI is InChI=1S/C3H6N4S/c4-5-3-1-2-8-7-6-3/h1-2,7H,4H2,(H,5,6). The molecular weight excluding hydrogens is 124 g/mol. The fraction of sp³-hybridized carbons (Fsp3) is 0. The van der Waals surface area contributed by atoms with Crippen molar-refractivity contribution >= 4 is 17.8 Å². The van der Waals surface area contributed by atoms with Crippen molar-refractivity contribution in [3.05, 3.63) is 11.5 Å². The maximum atomic E-state index is 4.93. The Morgan fingerprint density at radius 2 is 2.62 bits per heavy atom. The van der Waals surface area contributed by atoms with E-state index in [2.05, 4.69) is 15.4 Å². The van der Waals surface area contributed by atoms with Crippen LogP contribution in [0.4, 0.5) is 0 Å². The van der Waals surface area contributed by atoms with E-state index in [0.717, 1.165) is 0 Å². The molecular formula is C3H6N4S. The Hall–Kier alpha value is -0.680. The lowest BCUT2D eigenvalue weighted by molar-refractivity contribution is 0.918. The molecule has 1 heterocycles. The summed E-state index contributed by atoms with van der Waals surface area (Å²) in [5, 5.41) is 5.24. The quantitative estimate of drug-likeness (QED) is 0.236. The number of amidine groups is 1. The molecule has 4 nitrogen and oxygen atoms in total.